The van der Waals surface area contributed by atoms with Gasteiger partial charge in [-0.25, -0.2) is 0 Å². The van der Waals surface area contributed by atoms with Crippen molar-refractivity contribution in [2.75, 3.05) is 13.1 Å². The van der Waals surface area contributed by atoms with E-state index in [4.69, 9.17) is 5.11 Å². The van der Waals surface area contributed by atoms with Crippen molar-refractivity contribution in [2.24, 2.45) is 0 Å². The van der Waals surface area contributed by atoms with Gasteiger partial charge < -0.3 is 15.7 Å². The second-order valence-electron chi connectivity index (χ2n) is 5.27. The molecule has 0 aliphatic heterocycles. The summed E-state index contributed by atoms with van der Waals surface area (Å²) in [5, 5.41) is 14.6. The molecule has 1 amide bonds. The van der Waals surface area contributed by atoms with Crippen LogP contribution in [0.15, 0.2) is 0 Å². The molecule has 0 radical (unpaired) electrons. The van der Waals surface area contributed by atoms with Crippen molar-refractivity contribution in [1.29, 1.82) is 0 Å². The van der Waals surface area contributed by atoms with E-state index < -0.39 is 5.97 Å². The number of carbonyl (C=O) groups is 2. The average molecular weight is 270 g/mol. The SMILES string of the molecule is O=C(O)CCCCCCNC(=O)CNC1CCCC1. The van der Waals surface area contributed by atoms with E-state index in [1.54, 1.807) is 0 Å². The van der Waals surface area contributed by atoms with Crippen LogP contribution in [-0.4, -0.2) is 36.1 Å². The van der Waals surface area contributed by atoms with Crippen molar-refractivity contribution in [3.8, 4) is 0 Å². The fraction of sp³-hybridized carbons (Fsp3) is 0.857. The highest BCUT2D eigenvalue weighted by atomic mass is 16.4. The number of aliphatic carboxylic acids is 1. The van der Waals surface area contributed by atoms with Gasteiger partial charge in [0.15, 0.2) is 0 Å². The van der Waals surface area contributed by atoms with Gasteiger partial charge in [-0.05, 0) is 25.7 Å². The molecular weight excluding hydrogens is 244 g/mol. The first-order valence-corrected chi connectivity index (χ1v) is 7.40. The van der Waals surface area contributed by atoms with Gasteiger partial charge in [0.25, 0.3) is 0 Å². The van der Waals surface area contributed by atoms with Crippen LogP contribution in [-0.2, 0) is 9.59 Å². The van der Waals surface area contributed by atoms with Crippen molar-refractivity contribution in [1.82, 2.24) is 10.6 Å². The Balaban J connectivity index is 1.85. The minimum atomic E-state index is -0.730. The van der Waals surface area contributed by atoms with E-state index in [1.165, 1.54) is 25.7 Å². The molecule has 0 aromatic carbocycles. The lowest BCUT2D eigenvalue weighted by Gasteiger charge is -2.11. The van der Waals surface area contributed by atoms with Crippen molar-refractivity contribution in [2.45, 2.75) is 63.8 Å². The molecule has 1 aliphatic carbocycles. The lowest BCUT2D eigenvalue weighted by molar-refractivity contribution is -0.137. The van der Waals surface area contributed by atoms with Gasteiger partial charge in [0.1, 0.15) is 0 Å². The number of carboxylic acid groups (broad SMARTS) is 1. The van der Waals surface area contributed by atoms with Crippen molar-refractivity contribution in [3.05, 3.63) is 0 Å². The van der Waals surface area contributed by atoms with Gasteiger partial charge in [-0.1, -0.05) is 25.7 Å². The van der Waals surface area contributed by atoms with E-state index in [9.17, 15) is 9.59 Å². The quantitative estimate of drug-likeness (QED) is 0.528. The van der Waals surface area contributed by atoms with E-state index >= 15 is 0 Å². The minimum Gasteiger partial charge on any atom is -0.481 e. The zero-order chi connectivity index (χ0) is 13.9. The normalized spacial score (nSPS) is 15.6. The molecule has 0 unspecified atom stereocenters. The Bertz CT molecular complexity index is 276. The molecule has 0 atom stereocenters. The number of carbonyl (C=O) groups excluding carboxylic acids is 1. The van der Waals surface area contributed by atoms with Gasteiger partial charge in [0.05, 0.1) is 6.54 Å². The van der Waals surface area contributed by atoms with Crippen LogP contribution in [0.1, 0.15) is 57.8 Å². The molecule has 0 saturated heterocycles. The summed E-state index contributed by atoms with van der Waals surface area (Å²) in [6, 6.07) is 0.529. The Hall–Kier alpha value is -1.10. The molecule has 110 valence electrons. The highest BCUT2D eigenvalue weighted by Crippen LogP contribution is 2.17. The summed E-state index contributed by atoms with van der Waals surface area (Å²) in [6.07, 6.45) is 8.73. The zero-order valence-corrected chi connectivity index (χ0v) is 11.6. The molecule has 5 nitrogen and oxygen atoms in total. The predicted molar refractivity (Wildman–Crippen MR) is 74.0 cm³/mol. The van der Waals surface area contributed by atoms with Crippen LogP contribution in [0.25, 0.3) is 0 Å². The zero-order valence-electron chi connectivity index (χ0n) is 11.6. The number of rotatable bonds is 10. The number of hydrogen-bond donors (Lipinski definition) is 3. The Morgan fingerprint density at radius 2 is 1.74 bits per heavy atom. The maximum Gasteiger partial charge on any atom is 0.303 e. The summed E-state index contributed by atoms with van der Waals surface area (Å²) in [5.74, 6) is -0.663. The summed E-state index contributed by atoms with van der Waals surface area (Å²) < 4.78 is 0. The van der Waals surface area contributed by atoms with Crippen LogP contribution >= 0.6 is 0 Å². The second-order valence-corrected chi connectivity index (χ2v) is 5.27. The fourth-order valence-corrected chi connectivity index (χ4v) is 2.41. The first kappa shape index (κ1) is 16.0. The van der Waals surface area contributed by atoms with E-state index in [1.807, 2.05) is 0 Å². The first-order chi connectivity index (χ1) is 9.18. The Morgan fingerprint density at radius 1 is 1.05 bits per heavy atom. The summed E-state index contributed by atoms with van der Waals surface area (Å²) in [7, 11) is 0. The van der Waals surface area contributed by atoms with Crippen LogP contribution in [0, 0.1) is 0 Å². The fourth-order valence-electron chi connectivity index (χ4n) is 2.41. The molecule has 1 saturated carbocycles. The predicted octanol–water partition coefficient (Wildman–Crippen LogP) is 1.67. The Kier molecular flexibility index (Phi) is 8.21. The van der Waals surface area contributed by atoms with Gasteiger partial charge in [-0.15, -0.1) is 0 Å². The number of unbranched alkanes of at least 4 members (excludes halogenated alkanes) is 3. The summed E-state index contributed by atoms with van der Waals surface area (Å²) >= 11 is 0. The topological polar surface area (TPSA) is 78.4 Å². The highest BCUT2D eigenvalue weighted by Gasteiger charge is 2.14. The molecule has 0 aromatic heterocycles. The van der Waals surface area contributed by atoms with E-state index in [2.05, 4.69) is 10.6 Å². The smallest absolute Gasteiger partial charge is 0.303 e. The Morgan fingerprint density at radius 3 is 2.42 bits per heavy atom. The lowest BCUT2D eigenvalue weighted by atomic mass is 10.1. The molecule has 5 heteroatoms. The van der Waals surface area contributed by atoms with Gasteiger partial charge in [0.2, 0.25) is 5.91 Å². The van der Waals surface area contributed by atoms with E-state index in [-0.39, 0.29) is 12.3 Å². The molecule has 0 bridgehead atoms. The van der Waals surface area contributed by atoms with Crippen LogP contribution in [0.2, 0.25) is 0 Å². The van der Waals surface area contributed by atoms with Gasteiger partial charge in [0, 0.05) is 19.0 Å². The number of amides is 1. The van der Waals surface area contributed by atoms with Gasteiger partial charge in [-0.2, -0.15) is 0 Å². The minimum absolute atomic E-state index is 0.0671. The van der Waals surface area contributed by atoms with E-state index in [0.29, 0.717) is 19.1 Å². The monoisotopic (exact) mass is 270 g/mol. The highest BCUT2D eigenvalue weighted by molar-refractivity contribution is 5.77. The van der Waals surface area contributed by atoms with Crippen molar-refractivity contribution in [3.63, 3.8) is 0 Å². The molecular formula is C14H26N2O3. The maximum absolute atomic E-state index is 11.5. The molecule has 19 heavy (non-hydrogen) atoms. The third kappa shape index (κ3) is 8.59. The standard InChI is InChI=1S/C14H26N2O3/c17-13(11-16-12-7-4-5-8-12)15-10-6-2-1-3-9-14(18)19/h12,16H,1-11H2,(H,15,17)(H,18,19). The number of hydrogen-bond acceptors (Lipinski definition) is 3. The number of carboxylic acids is 1. The summed E-state index contributed by atoms with van der Waals surface area (Å²) in [6.45, 7) is 1.11. The number of nitrogens with one attached hydrogen (secondary N) is 2. The molecule has 0 aromatic rings. The second kappa shape index (κ2) is 9.78. The van der Waals surface area contributed by atoms with Crippen LogP contribution in [0.4, 0.5) is 0 Å². The lowest BCUT2D eigenvalue weighted by Crippen LogP contribution is -2.38. The van der Waals surface area contributed by atoms with Crippen molar-refractivity contribution < 1.29 is 14.7 Å². The van der Waals surface area contributed by atoms with Crippen molar-refractivity contribution >= 4 is 11.9 Å². The first-order valence-electron chi connectivity index (χ1n) is 7.40. The third-order valence-electron chi connectivity index (χ3n) is 3.55. The molecule has 1 aliphatic rings. The summed E-state index contributed by atoms with van der Waals surface area (Å²) in [4.78, 5) is 21.8. The van der Waals surface area contributed by atoms with Gasteiger partial charge in [-0.3, -0.25) is 9.59 Å². The van der Waals surface area contributed by atoms with Crippen LogP contribution in [0.5, 0.6) is 0 Å². The molecule has 1 rings (SSSR count). The summed E-state index contributed by atoms with van der Waals surface area (Å²) in [5.41, 5.74) is 0. The van der Waals surface area contributed by atoms with Gasteiger partial charge >= 0.3 is 5.97 Å². The molecule has 3 N–H and O–H groups in total. The van der Waals surface area contributed by atoms with Crippen LogP contribution in [0.3, 0.4) is 0 Å². The van der Waals surface area contributed by atoms with E-state index in [0.717, 1.165) is 25.7 Å². The third-order valence-corrected chi connectivity index (χ3v) is 3.55. The largest absolute Gasteiger partial charge is 0.481 e. The van der Waals surface area contributed by atoms with Crippen LogP contribution < -0.4 is 10.6 Å². The molecule has 0 heterocycles. The molecule has 1 fully saturated rings. The molecule has 0 spiro atoms. The maximum atomic E-state index is 11.5. The average Bonchev–Trinajstić information content (AvgIpc) is 2.88. The Labute approximate surface area is 115 Å².